The van der Waals surface area contributed by atoms with E-state index in [4.69, 9.17) is 9.47 Å². The fraction of sp³-hybridized carbons (Fsp3) is 0.207. The summed E-state index contributed by atoms with van der Waals surface area (Å²) in [4.78, 5) is 38.8. The molecule has 3 aromatic carbocycles. The largest absolute Gasteiger partial charge is 0.490 e. The van der Waals surface area contributed by atoms with Gasteiger partial charge in [-0.1, -0.05) is 42.8 Å². The molecule has 0 atom stereocenters. The second kappa shape index (κ2) is 10.9. The Hall–Kier alpha value is -4.39. The number of rotatable bonds is 8. The topological polar surface area (TPSA) is 84.9 Å². The monoisotopic (exact) mass is 484 g/mol. The van der Waals surface area contributed by atoms with E-state index < -0.39 is 17.8 Å². The highest BCUT2D eigenvalue weighted by molar-refractivity contribution is 6.39. The van der Waals surface area contributed by atoms with E-state index in [1.807, 2.05) is 26.0 Å². The normalized spacial score (nSPS) is 14.7. The van der Waals surface area contributed by atoms with Gasteiger partial charge in [-0.25, -0.2) is 9.69 Å². The third kappa shape index (κ3) is 5.81. The molecular weight excluding hydrogens is 456 g/mol. The van der Waals surface area contributed by atoms with Crippen molar-refractivity contribution in [3.8, 4) is 11.5 Å². The van der Waals surface area contributed by atoms with Crippen LogP contribution in [0, 0.1) is 13.8 Å². The number of hydrogen-bond acceptors (Lipinski definition) is 5. The van der Waals surface area contributed by atoms with E-state index in [0.717, 1.165) is 28.2 Å². The maximum Gasteiger partial charge on any atom is 0.335 e. The van der Waals surface area contributed by atoms with E-state index in [1.54, 1.807) is 48.5 Å². The summed E-state index contributed by atoms with van der Waals surface area (Å²) in [6.07, 6.45) is 2.39. The second-order valence-electron chi connectivity index (χ2n) is 8.57. The van der Waals surface area contributed by atoms with Crippen molar-refractivity contribution in [3.63, 3.8) is 0 Å². The van der Waals surface area contributed by atoms with Gasteiger partial charge < -0.3 is 9.47 Å². The first-order valence-corrected chi connectivity index (χ1v) is 11.8. The minimum absolute atomic E-state index is 0.137. The lowest BCUT2D eigenvalue weighted by Gasteiger charge is -2.26. The van der Waals surface area contributed by atoms with E-state index in [9.17, 15) is 14.4 Å². The van der Waals surface area contributed by atoms with Gasteiger partial charge in [-0.05, 0) is 79.4 Å². The number of urea groups is 1. The van der Waals surface area contributed by atoms with Crippen LogP contribution >= 0.6 is 0 Å². The van der Waals surface area contributed by atoms with Crippen LogP contribution in [0.3, 0.4) is 0 Å². The number of nitrogens with one attached hydrogen (secondary N) is 1. The smallest absolute Gasteiger partial charge is 0.335 e. The predicted octanol–water partition coefficient (Wildman–Crippen LogP) is 4.99. The van der Waals surface area contributed by atoms with Gasteiger partial charge in [0.2, 0.25) is 0 Å². The van der Waals surface area contributed by atoms with Gasteiger partial charge in [0.15, 0.2) is 0 Å². The zero-order chi connectivity index (χ0) is 25.7. The summed E-state index contributed by atoms with van der Waals surface area (Å²) in [5, 5.41) is 2.24. The van der Waals surface area contributed by atoms with Gasteiger partial charge in [-0.15, -0.1) is 0 Å². The second-order valence-corrected chi connectivity index (χ2v) is 8.57. The molecule has 184 valence electrons. The number of aryl methyl sites for hydroxylation is 3. The molecule has 7 nitrogen and oxygen atoms in total. The molecule has 4 amide bonds. The van der Waals surface area contributed by atoms with Crippen molar-refractivity contribution in [1.82, 2.24) is 5.32 Å². The average Bonchev–Trinajstić information content (AvgIpc) is 2.85. The minimum Gasteiger partial charge on any atom is -0.490 e. The number of anilines is 1. The first kappa shape index (κ1) is 24.7. The standard InChI is InChI=1S/C29H28N2O5/c1-4-21-14-20(3)15-25(16-21)36-13-12-35-24-7-5-6-22(17-24)18-26-27(32)30-29(34)31(28(26)33)23-10-8-19(2)9-11-23/h5-11,14-18H,4,12-13H2,1-3H3,(H,30,32,34)/b26-18-. The summed E-state index contributed by atoms with van der Waals surface area (Å²) in [7, 11) is 0. The van der Waals surface area contributed by atoms with Gasteiger partial charge >= 0.3 is 6.03 Å². The molecule has 7 heteroatoms. The number of barbiturate groups is 1. The summed E-state index contributed by atoms with van der Waals surface area (Å²) in [5.74, 6) is -0.0420. The number of hydrogen-bond donors (Lipinski definition) is 1. The molecule has 0 spiro atoms. The Morgan fingerprint density at radius 3 is 2.28 bits per heavy atom. The molecule has 0 radical (unpaired) electrons. The zero-order valence-electron chi connectivity index (χ0n) is 20.5. The van der Waals surface area contributed by atoms with Crippen LogP contribution < -0.4 is 19.7 Å². The van der Waals surface area contributed by atoms with Crippen molar-refractivity contribution in [2.24, 2.45) is 0 Å². The number of carbonyl (C=O) groups excluding carboxylic acids is 3. The Bertz CT molecular complexity index is 1330. The van der Waals surface area contributed by atoms with Crippen LogP contribution in [0.2, 0.25) is 0 Å². The third-order valence-corrected chi connectivity index (χ3v) is 5.70. The average molecular weight is 485 g/mol. The fourth-order valence-electron chi connectivity index (χ4n) is 3.88. The number of imide groups is 2. The molecule has 3 aromatic rings. The molecule has 4 rings (SSSR count). The maximum atomic E-state index is 13.1. The van der Waals surface area contributed by atoms with E-state index in [0.29, 0.717) is 30.2 Å². The summed E-state index contributed by atoms with van der Waals surface area (Å²) >= 11 is 0. The third-order valence-electron chi connectivity index (χ3n) is 5.70. The molecule has 1 saturated heterocycles. The van der Waals surface area contributed by atoms with Crippen LogP contribution in [0.25, 0.3) is 6.08 Å². The van der Waals surface area contributed by atoms with E-state index in [1.165, 1.54) is 11.6 Å². The van der Waals surface area contributed by atoms with Gasteiger partial charge in [0.05, 0.1) is 5.69 Å². The molecule has 0 unspecified atom stereocenters. The molecule has 1 N–H and O–H groups in total. The maximum absolute atomic E-state index is 13.1. The number of nitrogens with zero attached hydrogens (tertiary/aromatic N) is 1. The first-order valence-electron chi connectivity index (χ1n) is 11.8. The van der Waals surface area contributed by atoms with Gasteiger partial charge in [-0.2, -0.15) is 0 Å². The van der Waals surface area contributed by atoms with Crippen LogP contribution in [0.5, 0.6) is 11.5 Å². The molecule has 0 bridgehead atoms. The Morgan fingerprint density at radius 2 is 1.56 bits per heavy atom. The van der Waals surface area contributed by atoms with Crippen LogP contribution in [-0.4, -0.2) is 31.1 Å². The fourth-order valence-corrected chi connectivity index (χ4v) is 3.88. The van der Waals surface area contributed by atoms with Crippen LogP contribution in [0.4, 0.5) is 10.5 Å². The molecule has 0 aromatic heterocycles. The Labute approximate surface area is 210 Å². The molecule has 1 aliphatic rings. The number of carbonyl (C=O) groups is 3. The van der Waals surface area contributed by atoms with Crippen molar-refractivity contribution in [2.75, 3.05) is 18.1 Å². The molecule has 36 heavy (non-hydrogen) atoms. The lowest BCUT2D eigenvalue weighted by Crippen LogP contribution is -2.54. The van der Waals surface area contributed by atoms with Crippen LogP contribution in [0.1, 0.15) is 29.2 Å². The molecule has 1 fully saturated rings. The Morgan fingerprint density at radius 1 is 0.833 bits per heavy atom. The highest BCUT2D eigenvalue weighted by Gasteiger charge is 2.36. The van der Waals surface area contributed by atoms with Gasteiger partial charge in [0.25, 0.3) is 11.8 Å². The zero-order valence-corrected chi connectivity index (χ0v) is 20.5. The highest BCUT2D eigenvalue weighted by atomic mass is 16.5. The van der Waals surface area contributed by atoms with Crippen molar-refractivity contribution in [2.45, 2.75) is 27.2 Å². The first-order chi connectivity index (χ1) is 17.3. The Balaban J connectivity index is 1.43. The molecule has 1 aliphatic heterocycles. The quantitative estimate of drug-likeness (QED) is 0.277. The molecule has 1 heterocycles. The molecule has 0 saturated carbocycles. The van der Waals surface area contributed by atoms with Gasteiger partial charge in [-0.3, -0.25) is 14.9 Å². The summed E-state index contributed by atoms with van der Waals surface area (Å²) in [6, 6.07) is 19.3. The van der Waals surface area contributed by atoms with Crippen LogP contribution in [0.15, 0.2) is 72.3 Å². The molecule has 0 aliphatic carbocycles. The Kier molecular flexibility index (Phi) is 7.49. The lowest BCUT2D eigenvalue weighted by molar-refractivity contribution is -0.122. The van der Waals surface area contributed by atoms with Crippen molar-refractivity contribution in [1.29, 1.82) is 0 Å². The van der Waals surface area contributed by atoms with E-state index in [-0.39, 0.29) is 5.57 Å². The van der Waals surface area contributed by atoms with E-state index >= 15 is 0 Å². The number of benzene rings is 3. The summed E-state index contributed by atoms with van der Waals surface area (Å²) in [5.41, 5.74) is 4.20. The highest BCUT2D eigenvalue weighted by Crippen LogP contribution is 2.23. The lowest BCUT2D eigenvalue weighted by atomic mass is 10.1. The number of ether oxygens (including phenoxy) is 2. The van der Waals surface area contributed by atoms with Crippen molar-refractivity contribution in [3.05, 3.63) is 94.6 Å². The van der Waals surface area contributed by atoms with Crippen LogP contribution in [-0.2, 0) is 16.0 Å². The summed E-state index contributed by atoms with van der Waals surface area (Å²) < 4.78 is 11.6. The van der Waals surface area contributed by atoms with Crippen molar-refractivity contribution < 1.29 is 23.9 Å². The SMILES string of the molecule is CCc1cc(C)cc(OCCOc2cccc(/C=C3/C(=O)NC(=O)N(c4ccc(C)cc4)C3=O)c2)c1. The van der Waals surface area contributed by atoms with Gasteiger partial charge in [0, 0.05) is 0 Å². The molecular formula is C29H28N2O5. The summed E-state index contributed by atoms with van der Waals surface area (Å²) in [6.45, 7) is 6.74. The minimum atomic E-state index is -0.775. The van der Waals surface area contributed by atoms with Crippen molar-refractivity contribution >= 4 is 29.6 Å². The predicted molar refractivity (Wildman–Crippen MR) is 138 cm³/mol. The van der Waals surface area contributed by atoms with E-state index in [2.05, 4.69) is 18.3 Å². The number of amides is 4. The van der Waals surface area contributed by atoms with Gasteiger partial charge in [0.1, 0.15) is 30.3 Å².